The van der Waals surface area contributed by atoms with E-state index in [9.17, 15) is 0 Å². The van der Waals surface area contributed by atoms with Crippen molar-refractivity contribution in [2.75, 3.05) is 24.3 Å². The third-order valence-corrected chi connectivity index (χ3v) is 4.11. The van der Waals surface area contributed by atoms with E-state index in [1.807, 2.05) is 30.5 Å². The minimum absolute atomic E-state index is 0.297. The van der Waals surface area contributed by atoms with Crippen molar-refractivity contribution in [2.24, 2.45) is 0 Å². The van der Waals surface area contributed by atoms with Gasteiger partial charge >= 0.3 is 0 Å². The number of benzene rings is 1. The van der Waals surface area contributed by atoms with Crippen LogP contribution < -0.4 is 11.1 Å². The second-order valence-electron chi connectivity index (χ2n) is 5.99. The van der Waals surface area contributed by atoms with Crippen LogP contribution in [-0.2, 0) is 9.47 Å². The van der Waals surface area contributed by atoms with Gasteiger partial charge in [-0.2, -0.15) is 4.98 Å². The summed E-state index contributed by atoms with van der Waals surface area (Å²) in [4.78, 5) is 8.74. The average molecular weight is 312 g/mol. The van der Waals surface area contributed by atoms with E-state index in [0.717, 1.165) is 36.4 Å². The molecule has 2 heterocycles. The van der Waals surface area contributed by atoms with E-state index in [-0.39, 0.29) is 6.29 Å². The third kappa shape index (κ3) is 3.28. The molecule has 1 saturated carbocycles. The second-order valence-corrected chi connectivity index (χ2v) is 5.99. The number of ether oxygens (including phenoxy) is 2. The van der Waals surface area contributed by atoms with Gasteiger partial charge in [0.05, 0.1) is 13.2 Å². The highest BCUT2D eigenvalue weighted by molar-refractivity contribution is 5.57. The number of anilines is 3. The molecule has 1 saturated heterocycles. The highest BCUT2D eigenvalue weighted by Crippen LogP contribution is 2.42. The Hall–Kier alpha value is -2.18. The summed E-state index contributed by atoms with van der Waals surface area (Å²) in [6.07, 6.45) is 4.84. The van der Waals surface area contributed by atoms with Crippen LogP contribution >= 0.6 is 0 Å². The fraction of sp³-hybridized carbons (Fsp3) is 0.412. The van der Waals surface area contributed by atoms with Gasteiger partial charge in [-0.3, -0.25) is 0 Å². The molecule has 1 aromatic heterocycles. The van der Waals surface area contributed by atoms with Crippen LogP contribution in [0.2, 0.25) is 0 Å². The Labute approximate surface area is 135 Å². The first-order valence-corrected chi connectivity index (χ1v) is 8.02. The maximum Gasteiger partial charge on any atom is 0.229 e. The van der Waals surface area contributed by atoms with Crippen molar-refractivity contribution in [3.8, 4) is 0 Å². The maximum absolute atomic E-state index is 6.03. The van der Waals surface area contributed by atoms with Crippen molar-refractivity contribution in [2.45, 2.75) is 31.5 Å². The van der Waals surface area contributed by atoms with Crippen molar-refractivity contribution >= 4 is 17.5 Å². The molecule has 3 N–H and O–H groups in total. The molecule has 6 nitrogen and oxygen atoms in total. The van der Waals surface area contributed by atoms with E-state index in [4.69, 9.17) is 15.2 Å². The molecular weight excluding hydrogens is 292 g/mol. The molecule has 0 amide bonds. The number of hydrogen-bond acceptors (Lipinski definition) is 6. The molecule has 23 heavy (non-hydrogen) atoms. The Morgan fingerprint density at radius 3 is 2.74 bits per heavy atom. The summed E-state index contributed by atoms with van der Waals surface area (Å²) in [7, 11) is 0. The Kier molecular flexibility index (Phi) is 3.85. The summed E-state index contributed by atoms with van der Waals surface area (Å²) in [5, 5.41) is 3.20. The van der Waals surface area contributed by atoms with Gasteiger partial charge in [-0.05, 0) is 37.3 Å². The van der Waals surface area contributed by atoms with Crippen LogP contribution in [0.3, 0.4) is 0 Å². The number of hydrogen-bond donors (Lipinski definition) is 2. The Balaban J connectivity index is 1.50. The van der Waals surface area contributed by atoms with Crippen LogP contribution in [0.25, 0.3) is 0 Å². The minimum atomic E-state index is -0.297. The van der Waals surface area contributed by atoms with Gasteiger partial charge < -0.3 is 20.5 Å². The molecule has 2 fully saturated rings. The lowest BCUT2D eigenvalue weighted by molar-refractivity contribution is -0.183. The van der Waals surface area contributed by atoms with E-state index in [1.54, 1.807) is 0 Å². The van der Waals surface area contributed by atoms with Crippen molar-refractivity contribution < 1.29 is 9.47 Å². The third-order valence-electron chi connectivity index (χ3n) is 4.11. The summed E-state index contributed by atoms with van der Waals surface area (Å²) >= 11 is 0. The highest BCUT2D eigenvalue weighted by Gasteiger charge is 2.26. The number of nitrogens with two attached hydrogens (primary N) is 1. The first-order chi connectivity index (χ1) is 11.3. The Bertz CT molecular complexity index is 697. The van der Waals surface area contributed by atoms with E-state index >= 15 is 0 Å². The Morgan fingerprint density at radius 1 is 1.17 bits per heavy atom. The standard InChI is InChI=1S/C17H20N4O2/c18-15-14(11-5-6-11)10-19-17(21-15)20-13-4-1-3-12(9-13)16-22-7-2-8-23-16/h1,3-4,9-11,16H,2,5-8H2,(H3,18,19,20,21). The molecule has 1 aliphatic heterocycles. The van der Waals surface area contributed by atoms with Crippen molar-refractivity contribution in [3.63, 3.8) is 0 Å². The van der Waals surface area contributed by atoms with Crippen LogP contribution in [0.15, 0.2) is 30.5 Å². The molecule has 0 unspecified atom stereocenters. The molecule has 0 spiro atoms. The van der Waals surface area contributed by atoms with E-state index in [2.05, 4.69) is 15.3 Å². The normalized spacial score (nSPS) is 18.8. The fourth-order valence-corrected chi connectivity index (χ4v) is 2.75. The molecule has 0 bridgehead atoms. The topological polar surface area (TPSA) is 82.3 Å². The van der Waals surface area contributed by atoms with Gasteiger partial charge in [0.1, 0.15) is 5.82 Å². The predicted octanol–water partition coefficient (Wildman–Crippen LogP) is 3.12. The first-order valence-electron chi connectivity index (χ1n) is 8.02. The van der Waals surface area contributed by atoms with Crippen molar-refractivity contribution in [1.82, 2.24) is 9.97 Å². The molecular formula is C17H20N4O2. The molecule has 4 rings (SSSR count). The van der Waals surface area contributed by atoms with Crippen LogP contribution in [0.1, 0.15) is 42.6 Å². The van der Waals surface area contributed by atoms with Gasteiger partial charge in [-0.15, -0.1) is 0 Å². The van der Waals surface area contributed by atoms with Crippen LogP contribution in [0, 0.1) is 0 Å². The van der Waals surface area contributed by atoms with E-state index in [1.165, 1.54) is 12.8 Å². The molecule has 2 aromatic rings. The Morgan fingerprint density at radius 2 is 2.00 bits per heavy atom. The van der Waals surface area contributed by atoms with Gasteiger partial charge in [0.2, 0.25) is 5.95 Å². The lowest BCUT2D eigenvalue weighted by Crippen LogP contribution is -2.17. The van der Waals surface area contributed by atoms with Gasteiger partial charge in [0, 0.05) is 23.0 Å². The second kappa shape index (κ2) is 6.14. The van der Waals surface area contributed by atoms with Crippen LogP contribution in [0.5, 0.6) is 0 Å². The van der Waals surface area contributed by atoms with E-state index in [0.29, 0.717) is 17.7 Å². The van der Waals surface area contributed by atoms with Gasteiger partial charge in [-0.25, -0.2) is 4.98 Å². The molecule has 0 radical (unpaired) electrons. The average Bonchev–Trinajstić information content (AvgIpc) is 3.41. The molecule has 1 aliphatic carbocycles. The number of nitrogens with one attached hydrogen (secondary N) is 1. The molecule has 120 valence electrons. The fourth-order valence-electron chi connectivity index (χ4n) is 2.75. The summed E-state index contributed by atoms with van der Waals surface area (Å²) in [5.74, 6) is 1.63. The summed E-state index contributed by atoms with van der Waals surface area (Å²) in [6, 6.07) is 7.90. The lowest BCUT2D eigenvalue weighted by atomic mass is 10.2. The monoisotopic (exact) mass is 312 g/mol. The lowest BCUT2D eigenvalue weighted by Gasteiger charge is -2.23. The van der Waals surface area contributed by atoms with Gasteiger partial charge in [-0.1, -0.05) is 12.1 Å². The molecule has 2 aliphatic rings. The zero-order chi connectivity index (χ0) is 15.6. The van der Waals surface area contributed by atoms with Crippen LogP contribution in [0.4, 0.5) is 17.5 Å². The maximum atomic E-state index is 6.03. The van der Waals surface area contributed by atoms with Gasteiger partial charge in [0.15, 0.2) is 6.29 Å². The van der Waals surface area contributed by atoms with Crippen molar-refractivity contribution in [1.29, 1.82) is 0 Å². The smallest absolute Gasteiger partial charge is 0.229 e. The zero-order valence-corrected chi connectivity index (χ0v) is 12.9. The summed E-state index contributed by atoms with van der Waals surface area (Å²) in [5.41, 5.74) is 8.97. The van der Waals surface area contributed by atoms with Crippen LogP contribution in [-0.4, -0.2) is 23.2 Å². The number of nitrogen functional groups attached to an aromatic ring is 1. The largest absolute Gasteiger partial charge is 0.383 e. The minimum Gasteiger partial charge on any atom is -0.383 e. The zero-order valence-electron chi connectivity index (χ0n) is 12.9. The number of rotatable bonds is 4. The van der Waals surface area contributed by atoms with Crippen molar-refractivity contribution in [3.05, 3.63) is 41.6 Å². The summed E-state index contributed by atoms with van der Waals surface area (Å²) < 4.78 is 11.3. The predicted molar refractivity (Wildman–Crippen MR) is 87.4 cm³/mol. The molecule has 6 heteroatoms. The molecule has 1 aromatic carbocycles. The van der Waals surface area contributed by atoms with E-state index < -0.39 is 0 Å². The molecule has 0 atom stereocenters. The quantitative estimate of drug-likeness (QED) is 0.902. The highest BCUT2D eigenvalue weighted by atomic mass is 16.7. The summed E-state index contributed by atoms with van der Waals surface area (Å²) in [6.45, 7) is 1.45. The number of aromatic nitrogens is 2. The van der Waals surface area contributed by atoms with Gasteiger partial charge in [0.25, 0.3) is 0 Å². The number of nitrogens with zero attached hydrogens (tertiary/aromatic N) is 2. The SMILES string of the molecule is Nc1nc(Nc2cccc(C3OCCCO3)c2)ncc1C1CC1. The first kappa shape index (κ1) is 14.4.